The van der Waals surface area contributed by atoms with Crippen LogP contribution < -0.4 is 0 Å². The Morgan fingerprint density at radius 1 is 0.846 bits per heavy atom. The van der Waals surface area contributed by atoms with E-state index in [4.69, 9.17) is 0 Å². The van der Waals surface area contributed by atoms with Gasteiger partial charge in [-0.1, -0.05) is 64.4 Å². The topological polar surface area (TPSA) is 20.2 Å². The van der Waals surface area contributed by atoms with Crippen LogP contribution in [-0.4, -0.2) is 5.11 Å². The number of benzene rings is 1. The summed E-state index contributed by atoms with van der Waals surface area (Å²) in [6.07, 6.45) is 14.2. The highest BCUT2D eigenvalue weighted by molar-refractivity contribution is 5.24. The van der Waals surface area contributed by atoms with Gasteiger partial charge in [-0.3, -0.25) is 0 Å². The largest absolute Gasteiger partial charge is 0.385 e. The standard InChI is InChI=1S/C23H34F2O/c1-2-3-17-4-6-18(7-5-17)8-9-19-12-14-23(26,15-13-19)20-10-11-21(24)22(25)16-20/h10-11,16-19,26H,2-9,12-15H2,1H3/t17-,18-,19-,23+. The van der Waals surface area contributed by atoms with E-state index in [1.807, 2.05) is 0 Å². The van der Waals surface area contributed by atoms with E-state index in [1.165, 1.54) is 63.5 Å². The molecule has 2 aliphatic carbocycles. The molecule has 1 aromatic carbocycles. The van der Waals surface area contributed by atoms with Crippen LogP contribution >= 0.6 is 0 Å². The molecule has 26 heavy (non-hydrogen) atoms. The third-order valence-corrected chi connectivity index (χ3v) is 7.04. The maximum atomic E-state index is 13.5. The number of hydrogen-bond acceptors (Lipinski definition) is 1. The molecule has 0 radical (unpaired) electrons. The minimum Gasteiger partial charge on any atom is -0.385 e. The molecule has 0 atom stereocenters. The molecule has 146 valence electrons. The molecule has 0 bridgehead atoms. The van der Waals surface area contributed by atoms with E-state index < -0.39 is 17.2 Å². The lowest BCUT2D eigenvalue weighted by Crippen LogP contribution is -2.32. The minimum absolute atomic E-state index is 0.532. The summed E-state index contributed by atoms with van der Waals surface area (Å²) < 4.78 is 26.6. The molecule has 1 nitrogen and oxygen atoms in total. The first kappa shape index (κ1) is 19.8. The molecule has 1 N–H and O–H groups in total. The van der Waals surface area contributed by atoms with Crippen molar-refractivity contribution in [1.82, 2.24) is 0 Å². The van der Waals surface area contributed by atoms with Gasteiger partial charge in [-0.25, -0.2) is 8.78 Å². The summed E-state index contributed by atoms with van der Waals surface area (Å²) in [7, 11) is 0. The number of aliphatic hydroxyl groups is 1. The van der Waals surface area contributed by atoms with Gasteiger partial charge in [-0.15, -0.1) is 0 Å². The lowest BCUT2D eigenvalue weighted by molar-refractivity contribution is -0.0163. The summed E-state index contributed by atoms with van der Waals surface area (Å²) in [5.41, 5.74) is -0.451. The van der Waals surface area contributed by atoms with Crippen molar-refractivity contribution in [3.63, 3.8) is 0 Å². The summed E-state index contributed by atoms with van der Waals surface area (Å²) in [4.78, 5) is 0. The smallest absolute Gasteiger partial charge is 0.159 e. The van der Waals surface area contributed by atoms with E-state index >= 15 is 0 Å². The van der Waals surface area contributed by atoms with Crippen LogP contribution in [0.4, 0.5) is 8.78 Å². The summed E-state index contributed by atoms with van der Waals surface area (Å²) in [5.74, 6) is 0.831. The average molecular weight is 365 g/mol. The summed E-state index contributed by atoms with van der Waals surface area (Å²) in [5, 5.41) is 10.9. The molecule has 0 aromatic heterocycles. The monoisotopic (exact) mass is 364 g/mol. The summed E-state index contributed by atoms with van der Waals surface area (Å²) in [6.45, 7) is 2.29. The Morgan fingerprint density at radius 3 is 1.92 bits per heavy atom. The van der Waals surface area contributed by atoms with E-state index in [-0.39, 0.29) is 0 Å². The fourth-order valence-electron chi connectivity index (χ4n) is 5.21. The molecule has 3 rings (SSSR count). The zero-order valence-corrected chi connectivity index (χ0v) is 16.2. The van der Waals surface area contributed by atoms with Crippen LogP contribution in [0.3, 0.4) is 0 Å². The van der Waals surface area contributed by atoms with Crippen LogP contribution in [0, 0.1) is 29.4 Å². The molecule has 2 aliphatic rings. The molecular weight excluding hydrogens is 330 g/mol. The van der Waals surface area contributed by atoms with E-state index in [2.05, 4.69) is 6.92 Å². The third kappa shape index (κ3) is 4.85. The van der Waals surface area contributed by atoms with Crippen molar-refractivity contribution in [2.24, 2.45) is 17.8 Å². The van der Waals surface area contributed by atoms with Gasteiger partial charge in [0.15, 0.2) is 11.6 Å². The fraction of sp³-hybridized carbons (Fsp3) is 0.739. The second-order valence-electron chi connectivity index (χ2n) is 8.86. The summed E-state index contributed by atoms with van der Waals surface area (Å²) in [6, 6.07) is 3.83. The van der Waals surface area contributed by atoms with Gasteiger partial charge in [0.05, 0.1) is 5.60 Å². The molecule has 0 unspecified atom stereocenters. The van der Waals surface area contributed by atoms with Crippen molar-refractivity contribution in [3.05, 3.63) is 35.4 Å². The zero-order valence-electron chi connectivity index (χ0n) is 16.2. The SMILES string of the molecule is CCC[C@H]1CC[C@H](CC[C@H]2CC[C@](O)(c3ccc(F)c(F)c3)CC2)CC1. The lowest BCUT2D eigenvalue weighted by atomic mass is 9.72. The van der Waals surface area contributed by atoms with E-state index in [0.717, 1.165) is 30.7 Å². The predicted octanol–water partition coefficient (Wildman–Crippen LogP) is 6.73. The van der Waals surface area contributed by atoms with Gasteiger partial charge in [-0.05, 0) is 61.1 Å². The van der Waals surface area contributed by atoms with E-state index in [9.17, 15) is 13.9 Å². The Kier molecular flexibility index (Phi) is 6.71. The van der Waals surface area contributed by atoms with Crippen molar-refractivity contribution in [1.29, 1.82) is 0 Å². The van der Waals surface area contributed by atoms with Crippen LogP contribution in [0.2, 0.25) is 0 Å². The molecule has 2 fully saturated rings. The number of hydrogen-bond donors (Lipinski definition) is 1. The Bertz CT molecular complexity index is 570. The molecule has 0 amide bonds. The van der Waals surface area contributed by atoms with Crippen molar-refractivity contribution in [2.45, 2.75) is 89.6 Å². The molecule has 0 aliphatic heterocycles. The maximum Gasteiger partial charge on any atom is 0.159 e. The zero-order chi connectivity index (χ0) is 18.6. The third-order valence-electron chi connectivity index (χ3n) is 7.04. The van der Waals surface area contributed by atoms with Gasteiger partial charge < -0.3 is 5.11 Å². The first-order valence-electron chi connectivity index (χ1n) is 10.7. The maximum absolute atomic E-state index is 13.5. The first-order chi connectivity index (χ1) is 12.5. The van der Waals surface area contributed by atoms with Crippen LogP contribution in [0.15, 0.2) is 18.2 Å². The number of rotatable bonds is 6. The Balaban J connectivity index is 1.43. The van der Waals surface area contributed by atoms with Gasteiger partial charge in [-0.2, -0.15) is 0 Å². The second kappa shape index (κ2) is 8.82. The molecule has 0 heterocycles. The Hall–Kier alpha value is -0.960. The Labute approximate surface area is 157 Å². The van der Waals surface area contributed by atoms with Crippen molar-refractivity contribution in [2.75, 3.05) is 0 Å². The predicted molar refractivity (Wildman–Crippen MR) is 102 cm³/mol. The normalized spacial score (nSPS) is 32.5. The highest BCUT2D eigenvalue weighted by atomic mass is 19.2. The molecule has 2 saturated carbocycles. The molecule has 1 aromatic rings. The molecule has 0 saturated heterocycles. The van der Waals surface area contributed by atoms with Crippen LogP contribution in [-0.2, 0) is 5.60 Å². The van der Waals surface area contributed by atoms with Crippen LogP contribution in [0.5, 0.6) is 0 Å². The highest BCUT2D eigenvalue weighted by Gasteiger charge is 2.35. The highest BCUT2D eigenvalue weighted by Crippen LogP contribution is 2.42. The average Bonchev–Trinajstić information content (AvgIpc) is 2.65. The minimum atomic E-state index is -0.983. The van der Waals surface area contributed by atoms with Crippen LogP contribution in [0.25, 0.3) is 0 Å². The van der Waals surface area contributed by atoms with Crippen molar-refractivity contribution < 1.29 is 13.9 Å². The van der Waals surface area contributed by atoms with Gasteiger partial charge in [0.1, 0.15) is 0 Å². The van der Waals surface area contributed by atoms with E-state index in [1.54, 1.807) is 0 Å². The van der Waals surface area contributed by atoms with Gasteiger partial charge >= 0.3 is 0 Å². The van der Waals surface area contributed by atoms with E-state index in [0.29, 0.717) is 24.3 Å². The van der Waals surface area contributed by atoms with Crippen molar-refractivity contribution in [3.8, 4) is 0 Å². The van der Waals surface area contributed by atoms with Gasteiger partial charge in [0, 0.05) is 0 Å². The van der Waals surface area contributed by atoms with Gasteiger partial charge in [0.2, 0.25) is 0 Å². The molecular formula is C23H34F2O. The van der Waals surface area contributed by atoms with Crippen molar-refractivity contribution >= 4 is 0 Å². The summed E-state index contributed by atoms with van der Waals surface area (Å²) >= 11 is 0. The quantitative estimate of drug-likeness (QED) is 0.593. The molecule has 0 spiro atoms. The lowest BCUT2D eigenvalue weighted by Gasteiger charge is -2.37. The fourth-order valence-corrected chi connectivity index (χ4v) is 5.21. The van der Waals surface area contributed by atoms with Crippen LogP contribution in [0.1, 0.15) is 89.5 Å². The van der Waals surface area contributed by atoms with Gasteiger partial charge in [0.25, 0.3) is 0 Å². The molecule has 3 heteroatoms. The first-order valence-corrected chi connectivity index (χ1v) is 10.7. The Morgan fingerprint density at radius 2 is 1.38 bits per heavy atom. The number of halogens is 2. The second-order valence-corrected chi connectivity index (χ2v) is 8.86.